The number of likely N-dealkylation sites (tertiary alicyclic amines) is 1. The van der Waals surface area contributed by atoms with E-state index in [0.29, 0.717) is 49.4 Å². The Balaban J connectivity index is 1.13. The lowest BCUT2D eigenvalue weighted by molar-refractivity contribution is -0.134. The number of nitrogens with one attached hydrogen (secondary N) is 2. The topological polar surface area (TPSA) is 101 Å². The van der Waals surface area contributed by atoms with Crippen LogP contribution in [0.15, 0.2) is 47.6 Å². The molecule has 2 aliphatic heterocycles. The molecule has 1 saturated heterocycles. The van der Waals surface area contributed by atoms with Crippen molar-refractivity contribution in [2.24, 2.45) is 5.10 Å². The average Bonchev–Trinajstić information content (AvgIpc) is 2.93. The van der Waals surface area contributed by atoms with E-state index in [1.165, 1.54) is 0 Å². The van der Waals surface area contributed by atoms with E-state index >= 15 is 0 Å². The number of benzene rings is 2. The molecule has 1 fully saturated rings. The van der Waals surface area contributed by atoms with Crippen LogP contribution in [0.5, 0.6) is 17.2 Å². The summed E-state index contributed by atoms with van der Waals surface area (Å²) in [5, 5.41) is 8.05. The highest BCUT2D eigenvalue weighted by Crippen LogP contribution is 2.27. The van der Waals surface area contributed by atoms with Gasteiger partial charge in [0.15, 0.2) is 18.1 Å². The molecule has 0 unspecified atom stereocenters. The molecular weight excluding hydrogens is 496 g/mol. The summed E-state index contributed by atoms with van der Waals surface area (Å²) in [6.45, 7) is 2.78. The van der Waals surface area contributed by atoms with Gasteiger partial charge in [-0.05, 0) is 61.7 Å². The molecule has 0 atom stereocenters. The second kappa shape index (κ2) is 13.3. The molecule has 2 aromatic carbocycles. The number of amides is 2. The van der Waals surface area contributed by atoms with Gasteiger partial charge in [-0.25, -0.2) is 5.43 Å². The van der Waals surface area contributed by atoms with E-state index in [9.17, 15) is 9.59 Å². The SMILES string of the molecule is COc1ccccc1OCCCNC1CCN(C(=O)COc2ccc(C3=NNC(=O)CC3)cc2Cl)CC1. The summed E-state index contributed by atoms with van der Waals surface area (Å²) < 4.78 is 16.8. The fraction of sp³-hybridized carbons (Fsp3) is 0.444. The van der Waals surface area contributed by atoms with Crippen molar-refractivity contribution in [3.05, 3.63) is 53.1 Å². The first kappa shape index (κ1) is 26.8. The molecule has 0 aliphatic carbocycles. The quantitative estimate of drug-likeness (QED) is 0.434. The molecule has 0 saturated carbocycles. The number of halogens is 1. The minimum Gasteiger partial charge on any atom is -0.493 e. The first-order valence-corrected chi connectivity index (χ1v) is 13.0. The van der Waals surface area contributed by atoms with Gasteiger partial charge in [-0.2, -0.15) is 5.10 Å². The van der Waals surface area contributed by atoms with Gasteiger partial charge >= 0.3 is 0 Å². The molecule has 198 valence electrons. The molecule has 2 amide bonds. The van der Waals surface area contributed by atoms with Crippen molar-refractivity contribution in [3.8, 4) is 17.2 Å². The predicted octanol–water partition coefficient (Wildman–Crippen LogP) is 3.39. The van der Waals surface area contributed by atoms with Gasteiger partial charge in [0.25, 0.3) is 5.91 Å². The van der Waals surface area contributed by atoms with Crippen LogP contribution in [0.1, 0.15) is 37.7 Å². The van der Waals surface area contributed by atoms with Crippen LogP contribution in [0, 0.1) is 0 Å². The molecule has 2 aromatic rings. The summed E-state index contributed by atoms with van der Waals surface area (Å²) in [4.78, 5) is 25.8. The minimum absolute atomic E-state index is 0.0526. The van der Waals surface area contributed by atoms with Gasteiger partial charge in [0.05, 0.1) is 24.5 Å². The molecule has 4 rings (SSSR count). The van der Waals surface area contributed by atoms with Crippen LogP contribution in [0.4, 0.5) is 0 Å². The minimum atomic E-state index is -0.0945. The van der Waals surface area contributed by atoms with E-state index in [2.05, 4.69) is 15.8 Å². The first-order chi connectivity index (χ1) is 18.0. The number of methoxy groups -OCH3 is 1. The van der Waals surface area contributed by atoms with Crippen molar-refractivity contribution < 1.29 is 23.8 Å². The average molecular weight is 529 g/mol. The maximum Gasteiger partial charge on any atom is 0.260 e. The van der Waals surface area contributed by atoms with Crippen molar-refractivity contribution in [2.45, 2.75) is 38.1 Å². The molecule has 37 heavy (non-hydrogen) atoms. The Morgan fingerprint density at radius 2 is 1.89 bits per heavy atom. The van der Waals surface area contributed by atoms with E-state index in [-0.39, 0.29) is 18.4 Å². The number of ether oxygens (including phenoxy) is 3. The van der Waals surface area contributed by atoms with Crippen LogP contribution >= 0.6 is 11.6 Å². The monoisotopic (exact) mass is 528 g/mol. The van der Waals surface area contributed by atoms with Crippen molar-refractivity contribution in [3.63, 3.8) is 0 Å². The molecule has 10 heteroatoms. The number of rotatable bonds is 11. The van der Waals surface area contributed by atoms with Gasteiger partial charge < -0.3 is 24.4 Å². The van der Waals surface area contributed by atoms with E-state index in [0.717, 1.165) is 48.6 Å². The third-order valence-electron chi connectivity index (χ3n) is 6.45. The van der Waals surface area contributed by atoms with E-state index < -0.39 is 0 Å². The van der Waals surface area contributed by atoms with Crippen LogP contribution in [-0.4, -0.2) is 68.4 Å². The molecule has 2 N–H and O–H groups in total. The van der Waals surface area contributed by atoms with Crippen LogP contribution < -0.4 is 25.0 Å². The first-order valence-electron chi connectivity index (χ1n) is 12.6. The van der Waals surface area contributed by atoms with Crippen molar-refractivity contribution in [1.29, 1.82) is 0 Å². The normalized spacial score (nSPS) is 16.1. The van der Waals surface area contributed by atoms with E-state index in [1.807, 2.05) is 35.2 Å². The number of carbonyl (C=O) groups is 2. The second-order valence-electron chi connectivity index (χ2n) is 8.99. The number of hydrazone groups is 1. The highest BCUT2D eigenvalue weighted by Gasteiger charge is 2.23. The van der Waals surface area contributed by atoms with Crippen LogP contribution in [0.2, 0.25) is 5.02 Å². The Hall–Kier alpha value is -3.30. The van der Waals surface area contributed by atoms with Crippen LogP contribution in [0.3, 0.4) is 0 Å². The zero-order valence-electron chi connectivity index (χ0n) is 21.0. The van der Waals surface area contributed by atoms with Crippen molar-refractivity contribution in [1.82, 2.24) is 15.6 Å². The number of hydrogen-bond donors (Lipinski definition) is 2. The maximum absolute atomic E-state index is 12.7. The largest absolute Gasteiger partial charge is 0.493 e. The smallest absolute Gasteiger partial charge is 0.260 e. The Kier molecular flexibility index (Phi) is 9.62. The molecule has 0 aromatic heterocycles. The molecule has 2 heterocycles. The highest BCUT2D eigenvalue weighted by atomic mass is 35.5. The van der Waals surface area contributed by atoms with E-state index in [1.54, 1.807) is 19.2 Å². The Labute approximate surface area is 222 Å². The zero-order valence-corrected chi connectivity index (χ0v) is 21.8. The lowest BCUT2D eigenvalue weighted by Gasteiger charge is -2.32. The standard InChI is InChI=1S/C27H33ClN4O5/c1-35-24-5-2-3-6-25(24)36-16-4-13-29-20-11-14-32(15-12-20)27(34)18-37-23-9-7-19(17-21(23)28)22-8-10-26(33)31-30-22/h2-3,5-7,9,17,20,29H,4,8,10-16,18H2,1H3,(H,31,33). The molecule has 9 nitrogen and oxygen atoms in total. The molecule has 0 radical (unpaired) electrons. The summed E-state index contributed by atoms with van der Waals surface area (Å²) in [6, 6.07) is 13.3. The van der Waals surface area contributed by atoms with Gasteiger partial charge in [-0.1, -0.05) is 23.7 Å². The predicted molar refractivity (Wildman–Crippen MR) is 142 cm³/mol. The molecular formula is C27H33ClN4O5. The summed E-state index contributed by atoms with van der Waals surface area (Å²) in [5.74, 6) is 1.79. The summed E-state index contributed by atoms with van der Waals surface area (Å²) in [5.41, 5.74) is 4.07. The fourth-order valence-corrected chi connectivity index (χ4v) is 4.58. The van der Waals surface area contributed by atoms with Gasteiger partial charge in [0.1, 0.15) is 5.75 Å². The van der Waals surface area contributed by atoms with Gasteiger partial charge in [0.2, 0.25) is 5.91 Å². The second-order valence-corrected chi connectivity index (χ2v) is 9.40. The van der Waals surface area contributed by atoms with E-state index in [4.69, 9.17) is 25.8 Å². The third-order valence-corrected chi connectivity index (χ3v) is 6.74. The van der Waals surface area contributed by atoms with Gasteiger partial charge in [-0.3, -0.25) is 9.59 Å². The number of nitrogens with zero attached hydrogens (tertiary/aromatic N) is 2. The number of carbonyl (C=O) groups excluding carboxylic acids is 2. The van der Waals surface area contributed by atoms with Crippen molar-refractivity contribution in [2.75, 3.05) is 40.0 Å². The Morgan fingerprint density at radius 1 is 1.11 bits per heavy atom. The van der Waals surface area contributed by atoms with Crippen LogP contribution in [0.25, 0.3) is 0 Å². The highest BCUT2D eigenvalue weighted by molar-refractivity contribution is 6.32. The summed E-state index contributed by atoms with van der Waals surface area (Å²) in [6.07, 6.45) is 3.63. The summed E-state index contributed by atoms with van der Waals surface area (Å²) >= 11 is 6.37. The Bertz CT molecular complexity index is 1120. The number of hydrogen-bond acceptors (Lipinski definition) is 7. The number of para-hydroxylation sites is 2. The lowest BCUT2D eigenvalue weighted by Crippen LogP contribution is -2.46. The fourth-order valence-electron chi connectivity index (χ4n) is 4.34. The third kappa shape index (κ3) is 7.60. The summed E-state index contributed by atoms with van der Waals surface area (Å²) in [7, 11) is 1.64. The molecule has 0 spiro atoms. The number of piperidine rings is 1. The molecule has 2 aliphatic rings. The molecule has 0 bridgehead atoms. The van der Waals surface area contributed by atoms with Gasteiger partial charge in [0, 0.05) is 32.0 Å². The maximum atomic E-state index is 12.7. The zero-order chi connectivity index (χ0) is 26.0. The van der Waals surface area contributed by atoms with Gasteiger partial charge in [-0.15, -0.1) is 0 Å². The van der Waals surface area contributed by atoms with Crippen LogP contribution in [-0.2, 0) is 9.59 Å². The Morgan fingerprint density at radius 3 is 2.59 bits per heavy atom. The lowest BCUT2D eigenvalue weighted by atomic mass is 10.0. The van der Waals surface area contributed by atoms with Crippen molar-refractivity contribution >= 4 is 29.1 Å².